The zero-order chi connectivity index (χ0) is 7.40. The van der Waals surface area contributed by atoms with E-state index in [9.17, 15) is 4.79 Å². The van der Waals surface area contributed by atoms with Gasteiger partial charge >= 0.3 is 0 Å². The van der Waals surface area contributed by atoms with Gasteiger partial charge in [0.2, 0.25) is 0 Å². The van der Waals surface area contributed by atoms with Crippen molar-refractivity contribution in [2.45, 2.75) is 6.54 Å². The van der Waals surface area contributed by atoms with E-state index >= 15 is 0 Å². The van der Waals surface area contributed by atoms with Gasteiger partial charge < -0.3 is 5.32 Å². The van der Waals surface area contributed by atoms with Gasteiger partial charge in [0.25, 0.3) is 3.91 Å². The van der Waals surface area contributed by atoms with Crippen molar-refractivity contribution < 1.29 is 4.79 Å². The molecule has 10 heavy (non-hydrogen) atoms. The molecule has 5 heteroatoms. The largest absolute Gasteiger partial charge is 0.342 e. The third-order valence-electron chi connectivity index (χ3n) is 0.892. The van der Waals surface area contributed by atoms with Gasteiger partial charge in [-0.1, -0.05) is 0 Å². The lowest BCUT2D eigenvalue weighted by molar-refractivity contribution is 0.262. The van der Waals surface area contributed by atoms with Gasteiger partial charge in [-0.15, -0.1) is 11.3 Å². The number of carbonyl (C=O) groups is 1. The number of amides is 1. The van der Waals surface area contributed by atoms with E-state index in [-0.39, 0.29) is 3.91 Å². The molecule has 1 aromatic rings. The van der Waals surface area contributed by atoms with Crippen LogP contribution in [0.2, 0.25) is 0 Å². The Kier molecular flexibility index (Phi) is 3.07. The van der Waals surface area contributed by atoms with Crippen molar-refractivity contribution >= 4 is 37.8 Å². The molecule has 0 radical (unpaired) electrons. The SMILES string of the molecule is O=C(I)NCc1cscn1. The van der Waals surface area contributed by atoms with Crippen LogP contribution in [0.5, 0.6) is 0 Å². The standard InChI is InChI=1S/C5H5IN2OS/c6-5(9)7-1-4-2-10-3-8-4/h2-3H,1H2,(H,7,9). The fourth-order valence-electron chi connectivity index (χ4n) is 0.485. The van der Waals surface area contributed by atoms with Crippen LogP contribution in [0.3, 0.4) is 0 Å². The number of aromatic nitrogens is 1. The van der Waals surface area contributed by atoms with E-state index in [4.69, 9.17) is 0 Å². The first-order chi connectivity index (χ1) is 4.79. The molecule has 0 aliphatic carbocycles. The predicted molar refractivity (Wildman–Crippen MR) is 48.4 cm³/mol. The minimum absolute atomic E-state index is 0.0504. The molecular weight excluding hydrogens is 263 g/mol. The van der Waals surface area contributed by atoms with Gasteiger partial charge in [-0.25, -0.2) is 4.98 Å². The summed E-state index contributed by atoms with van der Waals surface area (Å²) in [5.41, 5.74) is 2.66. The molecule has 0 aliphatic rings. The van der Waals surface area contributed by atoms with E-state index in [1.165, 1.54) is 11.3 Å². The van der Waals surface area contributed by atoms with Gasteiger partial charge in [0.05, 0.1) is 17.7 Å². The Morgan fingerprint density at radius 3 is 3.20 bits per heavy atom. The number of nitrogens with one attached hydrogen (secondary N) is 1. The molecule has 54 valence electrons. The van der Waals surface area contributed by atoms with Crippen molar-refractivity contribution in [3.8, 4) is 0 Å². The lowest BCUT2D eigenvalue weighted by atomic mass is 10.5. The van der Waals surface area contributed by atoms with Crippen LogP contribution in [-0.2, 0) is 6.54 Å². The Morgan fingerprint density at radius 2 is 2.70 bits per heavy atom. The summed E-state index contributed by atoms with van der Waals surface area (Å²) >= 11 is 3.22. The molecule has 1 aromatic heterocycles. The van der Waals surface area contributed by atoms with Gasteiger partial charge in [-0.2, -0.15) is 0 Å². The van der Waals surface area contributed by atoms with Crippen molar-refractivity contribution in [1.82, 2.24) is 10.3 Å². The third kappa shape index (κ3) is 2.61. The van der Waals surface area contributed by atoms with Gasteiger partial charge in [0.1, 0.15) is 0 Å². The molecule has 0 saturated heterocycles. The number of hydrogen-bond donors (Lipinski definition) is 1. The number of thiazole rings is 1. The Bertz CT molecular complexity index is 211. The highest BCUT2D eigenvalue weighted by atomic mass is 127. The van der Waals surface area contributed by atoms with Crippen molar-refractivity contribution in [2.24, 2.45) is 0 Å². The number of hydrogen-bond acceptors (Lipinski definition) is 3. The lowest BCUT2D eigenvalue weighted by Crippen LogP contribution is -2.14. The summed E-state index contributed by atoms with van der Waals surface area (Å²) in [4.78, 5) is 14.4. The summed E-state index contributed by atoms with van der Waals surface area (Å²) in [5.74, 6) is 0. The van der Waals surface area contributed by atoms with E-state index < -0.39 is 0 Å². The summed E-state index contributed by atoms with van der Waals surface area (Å²) in [6.07, 6.45) is 0. The molecule has 0 spiro atoms. The van der Waals surface area contributed by atoms with Crippen molar-refractivity contribution in [1.29, 1.82) is 0 Å². The monoisotopic (exact) mass is 268 g/mol. The average molecular weight is 268 g/mol. The first-order valence-electron chi connectivity index (χ1n) is 2.59. The quantitative estimate of drug-likeness (QED) is 0.504. The molecule has 1 heterocycles. The fourth-order valence-corrected chi connectivity index (χ4v) is 1.23. The van der Waals surface area contributed by atoms with E-state index in [2.05, 4.69) is 10.3 Å². The van der Waals surface area contributed by atoms with E-state index in [1.807, 2.05) is 5.38 Å². The predicted octanol–water partition coefficient (Wildman–Crippen LogP) is 1.79. The highest BCUT2D eigenvalue weighted by molar-refractivity contribution is 14.1. The average Bonchev–Trinajstić information content (AvgIpc) is 2.34. The van der Waals surface area contributed by atoms with Crippen molar-refractivity contribution in [3.63, 3.8) is 0 Å². The summed E-state index contributed by atoms with van der Waals surface area (Å²) in [7, 11) is 0. The van der Waals surface area contributed by atoms with E-state index in [1.54, 1.807) is 28.1 Å². The van der Waals surface area contributed by atoms with Crippen LogP contribution in [0.4, 0.5) is 4.79 Å². The molecule has 0 saturated carbocycles. The first kappa shape index (κ1) is 7.93. The molecule has 1 N–H and O–H groups in total. The molecule has 0 unspecified atom stereocenters. The van der Waals surface area contributed by atoms with Crippen LogP contribution in [0.15, 0.2) is 10.9 Å². The summed E-state index contributed by atoms with van der Waals surface area (Å²) in [6, 6.07) is 0. The Morgan fingerprint density at radius 1 is 1.90 bits per heavy atom. The lowest BCUT2D eigenvalue weighted by Gasteiger charge is -1.93. The zero-order valence-corrected chi connectivity index (χ0v) is 7.98. The molecule has 0 atom stereocenters. The van der Waals surface area contributed by atoms with Gasteiger partial charge in [0, 0.05) is 28.0 Å². The van der Waals surface area contributed by atoms with Gasteiger partial charge in [-0.3, -0.25) is 4.79 Å². The molecule has 1 rings (SSSR count). The van der Waals surface area contributed by atoms with Crippen LogP contribution in [0, 0.1) is 0 Å². The molecule has 0 aromatic carbocycles. The maximum atomic E-state index is 10.4. The molecule has 0 aliphatic heterocycles. The highest BCUT2D eigenvalue weighted by Crippen LogP contribution is 2.00. The van der Waals surface area contributed by atoms with Crippen LogP contribution >= 0.6 is 33.9 Å². The first-order valence-corrected chi connectivity index (χ1v) is 4.61. The Hall–Kier alpha value is -0.170. The topological polar surface area (TPSA) is 42.0 Å². The Balaban J connectivity index is 2.35. The van der Waals surface area contributed by atoms with Crippen molar-refractivity contribution in [3.05, 3.63) is 16.6 Å². The summed E-state index contributed by atoms with van der Waals surface area (Å²) < 4.78 is -0.0504. The van der Waals surface area contributed by atoms with Crippen LogP contribution < -0.4 is 5.32 Å². The fraction of sp³-hybridized carbons (Fsp3) is 0.200. The molecule has 1 amide bonds. The van der Waals surface area contributed by atoms with Crippen LogP contribution in [-0.4, -0.2) is 8.90 Å². The summed E-state index contributed by atoms with van der Waals surface area (Å²) in [5, 5.41) is 4.55. The maximum Gasteiger partial charge on any atom is 0.280 e. The van der Waals surface area contributed by atoms with E-state index in [0.29, 0.717) is 6.54 Å². The minimum Gasteiger partial charge on any atom is -0.342 e. The maximum absolute atomic E-state index is 10.4. The van der Waals surface area contributed by atoms with Crippen LogP contribution in [0.25, 0.3) is 0 Å². The second kappa shape index (κ2) is 3.87. The molecular formula is C5H5IN2OS. The Labute approximate surface area is 76.0 Å². The number of carbonyl (C=O) groups excluding carboxylic acids is 1. The van der Waals surface area contributed by atoms with Gasteiger partial charge in [-0.05, 0) is 0 Å². The normalized spacial score (nSPS) is 9.30. The summed E-state index contributed by atoms with van der Waals surface area (Å²) in [6.45, 7) is 0.533. The van der Waals surface area contributed by atoms with E-state index in [0.717, 1.165) is 5.69 Å². The second-order valence-electron chi connectivity index (χ2n) is 1.61. The molecule has 0 fully saturated rings. The molecule has 3 nitrogen and oxygen atoms in total. The van der Waals surface area contributed by atoms with Crippen molar-refractivity contribution in [2.75, 3.05) is 0 Å². The van der Waals surface area contributed by atoms with Crippen LogP contribution in [0.1, 0.15) is 5.69 Å². The minimum atomic E-state index is -0.0504. The number of halogens is 1. The highest BCUT2D eigenvalue weighted by Gasteiger charge is 1.95. The smallest absolute Gasteiger partial charge is 0.280 e. The third-order valence-corrected chi connectivity index (χ3v) is 1.91. The van der Waals surface area contributed by atoms with Gasteiger partial charge in [0.15, 0.2) is 0 Å². The number of rotatable bonds is 2. The second-order valence-corrected chi connectivity index (χ2v) is 3.31. The zero-order valence-electron chi connectivity index (χ0n) is 5.00. The number of nitrogens with zero attached hydrogens (tertiary/aromatic N) is 1. The molecule has 0 bridgehead atoms.